The van der Waals surface area contributed by atoms with E-state index < -0.39 is 0 Å². The molecule has 0 aliphatic rings. The van der Waals surface area contributed by atoms with Crippen molar-refractivity contribution in [1.82, 2.24) is 10.2 Å². The minimum absolute atomic E-state index is 0.232. The zero-order valence-electron chi connectivity index (χ0n) is 10.5. The van der Waals surface area contributed by atoms with Gasteiger partial charge in [0.2, 0.25) is 0 Å². The molecule has 1 amide bonds. The van der Waals surface area contributed by atoms with Crippen molar-refractivity contribution >= 4 is 34.8 Å². The summed E-state index contributed by atoms with van der Waals surface area (Å²) < 4.78 is 0. The van der Waals surface area contributed by atoms with Gasteiger partial charge in [0.25, 0.3) is 5.91 Å². The number of carbonyl (C=O) groups excluding carboxylic acids is 1. The van der Waals surface area contributed by atoms with Crippen LogP contribution in [0, 0.1) is 0 Å². The molecule has 0 fully saturated rings. The second-order valence-electron chi connectivity index (χ2n) is 4.28. The minimum Gasteiger partial charge on any atom is -0.399 e. The molecule has 6 heteroatoms. The van der Waals surface area contributed by atoms with Crippen LogP contribution in [0.5, 0.6) is 0 Å². The summed E-state index contributed by atoms with van der Waals surface area (Å²) in [6, 6.07) is 3.04. The Kier molecular flexibility index (Phi) is 5.72. The molecule has 0 unspecified atom stereocenters. The Balaban J connectivity index is 2.62. The number of hydrogen-bond acceptors (Lipinski definition) is 3. The maximum absolute atomic E-state index is 11.9. The van der Waals surface area contributed by atoms with Gasteiger partial charge in [-0.25, -0.2) is 0 Å². The Morgan fingerprint density at radius 1 is 1.39 bits per heavy atom. The third-order valence-electron chi connectivity index (χ3n) is 2.36. The second-order valence-corrected chi connectivity index (χ2v) is 5.06. The molecule has 0 spiro atoms. The molecule has 0 atom stereocenters. The van der Waals surface area contributed by atoms with E-state index in [0.29, 0.717) is 17.8 Å². The van der Waals surface area contributed by atoms with Crippen LogP contribution < -0.4 is 11.1 Å². The highest BCUT2D eigenvalue weighted by atomic mass is 35.5. The second kappa shape index (κ2) is 6.83. The fourth-order valence-electron chi connectivity index (χ4n) is 1.47. The zero-order chi connectivity index (χ0) is 13.7. The molecule has 0 saturated heterocycles. The molecule has 4 nitrogen and oxygen atoms in total. The number of benzene rings is 1. The van der Waals surface area contributed by atoms with Gasteiger partial charge in [-0.1, -0.05) is 23.2 Å². The van der Waals surface area contributed by atoms with Gasteiger partial charge >= 0.3 is 0 Å². The number of halogens is 2. The molecule has 1 rings (SSSR count). The molecule has 0 radical (unpaired) electrons. The number of hydrogen-bond donors (Lipinski definition) is 2. The van der Waals surface area contributed by atoms with E-state index >= 15 is 0 Å². The van der Waals surface area contributed by atoms with Gasteiger partial charge in [-0.2, -0.15) is 0 Å². The molecule has 100 valence electrons. The summed E-state index contributed by atoms with van der Waals surface area (Å²) in [5.74, 6) is -0.257. The minimum atomic E-state index is -0.257. The molecule has 1 aromatic rings. The van der Waals surface area contributed by atoms with Gasteiger partial charge in [0.15, 0.2) is 0 Å². The molecule has 18 heavy (non-hydrogen) atoms. The lowest BCUT2D eigenvalue weighted by Gasteiger charge is -2.11. The predicted molar refractivity (Wildman–Crippen MR) is 76.4 cm³/mol. The third-order valence-corrected chi connectivity index (χ3v) is 3.16. The van der Waals surface area contributed by atoms with Crippen molar-refractivity contribution in [3.05, 3.63) is 27.7 Å². The number of amides is 1. The Bertz CT molecular complexity index is 436. The highest BCUT2D eigenvalue weighted by Gasteiger charge is 2.13. The van der Waals surface area contributed by atoms with E-state index in [1.54, 1.807) is 0 Å². The quantitative estimate of drug-likeness (QED) is 0.646. The van der Waals surface area contributed by atoms with Crippen LogP contribution in [-0.4, -0.2) is 38.0 Å². The van der Waals surface area contributed by atoms with E-state index in [0.717, 1.165) is 13.0 Å². The van der Waals surface area contributed by atoms with Crippen molar-refractivity contribution < 1.29 is 4.79 Å². The highest BCUT2D eigenvalue weighted by Crippen LogP contribution is 2.28. The number of nitrogens with one attached hydrogen (secondary N) is 1. The fraction of sp³-hybridized carbons (Fsp3) is 0.417. The lowest BCUT2D eigenvalue weighted by molar-refractivity contribution is 0.0952. The van der Waals surface area contributed by atoms with Crippen LogP contribution in [0.15, 0.2) is 12.1 Å². The van der Waals surface area contributed by atoms with Crippen molar-refractivity contribution in [2.75, 3.05) is 32.9 Å². The zero-order valence-corrected chi connectivity index (χ0v) is 12.0. The van der Waals surface area contributed by atoms with E-state index in [-0.39, 0.29) is 16.0 Å². The first kappa shape index (κ1) is 15.1. The molecule has 0 aliphatic carbocycles. The maximum Gasteiger partial charge on any atom is 0.252 e. The van der Waals surface area contributed by atoms with Crippen molar-refractivity contribution in [3.63, 3.8) is 0 Å². The average Bonchev–Trinajstić information content (AvgIpc) is 2.28. The lowest BCUT2D eigenvalue weighted by atomic mass is 10.2. The van der Waals surface area contributed by atoms with Crippen LogP contribution in [0.1, 0.15) is 16.8 Å². The fourth-order valence-corrected chi connectivity index (χ4v) is 1.89. The molecule has 0 saturated carbocycles. The number of rotatable bonds is 5. The number of nitrogen functional groups attached to an aromatic ring is 1. The first-order chi connectivity index (χ1) is 8.41. The van der Waals surface area contributed by atoms with Crippen LogP contribution >= 0.6 is 23.2 Å². The van der Waals surface area contributed by atoms with Crippen molar-refractivity contribution in [2.45, 2.75) is 6.42 Å². The summed E-state index contributed by atoms with van der Waals surface area (Å²) >= 11 is 11.8. The van der Waals surface area contributed by atoms with Gasteiger partial charge in [0.05, 0.1) is 15.6 Å². The molecule has 1 aromatic carbocycles. The van der Waals surface area contributed by atoms with Crippen LogP contribution in [-0.2, 0) is 0 Å². The molecular weight excluding hydrogens is 273 g/mol. The van der Waals surface area contributed by atoms with Gasteiger partial charge in [0.1, 0.15) is 0 Å². The van der Waals surface area contributed by atoms with Gasteiger partial charge in [-0.15, -0.1) is 0 Å². The van der Waals surface area contributed by atoms with Crippen LogP contribution in [0.25, 0.3) is 0 Å². The SMILES string of the molecule is CN(C)CCCNC(=O)c1cc(N)cc(Cl)c1Cl. The summed E-state index contributed by atoms with van der Waals surface area (Å²) in [5, 5.41) is 3.30. The number of carbonyl (C=O) groups is 1. The Labute approximate surface area is 117 Å². The predicted octanol–water partition coefficient (Wildman–Crippen LogP) is 2.26. The largest absolute Gasteiger partial charge is 0.399 e. The summed E-state index contributed by atoms with van der Waals surface area (Å²) in [7, 11) is 3.96. The van der Waals surface area contributed by atoms with Crippen molar-refractivity contribution in [2.24, 2.45) is 0 Å². The Morgan fingerprint density at radius 2 is 2.06 bits per heavy atom. The number of nitrogens with zero attached hydrogens (tertiary/aromatic N) is 1. The van der Waals surface area contributed by atoms with Crippen LogP contribution in [0.3, 0.4) is 0 Å². The number of nitrogens with two attached hydrogens (primary N) is 1. The third kappa shape index (κ3) is 4.37. The van der Waals surface area contributed by atoms with Crippen molar-refractivity contribution in [1.29, 1.82) is 0 Å². The first-order valence-corrected chi connectivity index (χ1v) is 6.35. The molecule has 0 heterocycles. The first-order valence-electron chi connectivity index (χ1n) is 5.59. The van der Waals surface area contributed by atoms with Gasteiger partial charge in [0, 0.05) is 12.2 Å². The van der Waals surface area contributed by atoms with Gasteiger partial charge in [-0.3, -0.25) is 4.79 Å². The van der Waals surface area contributed by atoms with Crippen molar-refractivity contribution in [3.8, 4) is 0 Å². The monoisotopic (exact) mass is 289 g/mol. The van der Waals surface area contributed by atoms with Crippen LogP contribution in [0.2, 0.25) is 10.0 Å². The standard InChI is InChI=1S/C12H17Cl2N3O/c1-17(2)5-3-4-16-12(18)9-6-8(15)7-10(13)11(9)14/h6-7H,3-5,15H2,1-2H3,(H,16,18). The average molecular weight is 290 g/mol. The van der Waals surface area contributed by atoms with Gasteiger partial charge < -0.3 is 16.0 Å². The van der Waals surface area contributed by atoms with E-state index in [1.807, 2.05) is 14.1 Å². The highest BCUT2D eigenvalue weighted by molar-refractivity contribution is 6.44. The van der Waals surface area contributed by atoms with Crippen LogP contribution in [0.4, 0.5) is 5.69 Å². The Hall–Kier alpha value is -0.970. The summed E-state index contributed by atoms with van der Waals surface area (Å²) in [6.07, 6.45) is 0.867. The molecule has 0 aromatic heterocycles. The van der Waals surface area contributed by atoms with E-state index in [9.17, 15) is 4.79 Å². The topological polar surface area (TPSA) is 58.4 Å². The normalized spacial score (nSPS) is 10.7. The molecular formula is C12H17Cl2N3O. The lowest BCUT2D eigenvalue weighted by Crippen LogP contribution is -2.27. The Morgan fingerprint density at radius 3 is 2.67 bits per heavy atom. The summed E-state index contributed by atoms with van der Waals surface area (Å²) in [5.41, 5.74) is 6.36. The summed E-state index contributed by atoms with van der Waals surface area (Å²) in [4.78, 5) is 13.9. The van der Waals surface area contributed by atoms with E-state index in [4.69, 9.17) is 28.9 Å². The molecule has 0 bridgehead atoms. The van der Waals surface area contributed by atoms with Gasteiger partial charge in [-0.05, 0) is 39.2 Å². The smallest absolute Gasteiger partial charge is 0.252 e. The molecule has 3 N–H and O–H groups in total. The van der Waals surface area contributed by atoms with E-state index in [2.05, 4.69) is 10.2 Å². The summed E-state index contributed by atoms with van der Waals surface area (Å²) in [6.45, 7) is 1.49. The van der Waals surface area contributed by atoms with E-state index in [1.165, 1.54) is 12.1 Å². The number of anilines is 1. The maximum atomic E-state index is 11.9. The molecule has 0 aliphatic heterocycles.